The Labute approximate surface area is 196 Å². The second-order valence-electron chi connectivity index (χ2n) is 8.27. The summed E-state index contributed by atoms with van der Waals surface area (Å²) in [5.41, 5.74) is 3.01. The van der Waals surface area contributed by atoms with E-state index in [1.165, 1.54) is 0 Å². The highest BCUT2D eigenvalue weighted by atomic mass is 16.6. The van der Waals surface area contributed by atoms with Gasteiger partial charge in [0.25, 0.3) is 0 Å². The third-order valence-corrected chi connectivity index (χ3v) is 6.08. The topological polar surface area (TPSA) is 115 Å². The number of hydrogen-bond acceptors (Lipinski definition) is 8. The number of likely N-dealkylation sites (tertiary alicyclic amines) is 1. The minimum Gasteiger partial charge on any atom is -0.501 e. The van der Waals surface area contributed by atoms with Crippen molar-refractivity contribution < 1.29 is 23.8 Å². The summed E-state index contributed by atoms with van der Waals surface area (Å²) in [5.74, 6) is 5.09. The van der Waals surface area contributed by atoms with E-state index in [1.54, 1.807) is 26.4 Å². The molecule has 2 rings (SSSR count). The third kappa shape index (κ3) is 7.82. The standard InChI is InChI=1S/C24H38N4O5/c1-5-10-17(31-3)15-21(32-4)23(33-24(30)20-13-8-9-14-28(20)2)18-11-6-7-12-19(18)27-22(29)16-26-25/h5-7,10,12,18,20-21,23,26H,1,8-9,11,13-16,25H2,2-4H3,(H,27,29)/b17-10+/t18?,20-,21?,23?/m0/s1. The van der Waals surface area contributed by atoms with Crippen LogP contribution in [0.5, 0.6) is 0 Å². The number of amides is 1. The van der Waals surface area contributed by atoms with E-state index in [0.29, 0.717) is 24.3 Å². The highest BCUT2D eigenvalue weighted by molar-refractivity contribution is 5.80. The van der Waals surface area contributed by atoms with Crippen LogP contribution in [0.2, 0.25) is 0 Å². The van der Waals surface area contributed by atoms with Crippen LogP contribution in [0.4, 0.5) is 0 Å². The molecular weight excluding hydrogens is 424 g/mol. The predicted molar refractivity (Wildman–Crippen MR) is 127 cm³/mol. The fourth-order valence-electron chi connectivity index (χ4n) is 4.28. The summed E-state index contributed by atoms with van der Waals surface area (Å²) in [4.78, 5) is 27.5. The molecular formula is C24H38N4O5. The van der Waals surface area contributed by atoms with Crippen LogP contribution >= 0.6 is 0 Å². The Morgan fingerprint density at radius 2 is 2.15 bits per heavy atom. The molecule has 0 aromatic heterocycles. The summed E-state index contributed by atoms with van der Waals surface area (Å²) >= 11 is 0. The van der Waals surface area contributed by atoms with Gasteiger partial charge in [0.2, 0.25) is 5.91 Å². The van der Waals surface area contributed by atoms with Gasteiger partial charge in [0.15, 0.2) is 0 Å². The van der Waals surface area contributed by atoms with Crippen LogP contribution in [-0.4, -0.2) is 69.4 Å². The Hall–Kier alpha value is -2.46. The molecule has 0 aromatic carbocycles. The van der Waals surface area contributed by atoms with Crippen molar-refractivity contribution in [2.75, 3.05) is 34.4 Å². The average molecular weight is 463 g/mol. The number of nitrogens with zero attached hydrogens (tertiary/aromatic N) is 1. The van der Waals surface area contributed by atoms with E-state index < -0.39 is 12.2 Å². The number of nitrogens with two attached hydrogens (primary N) is 1. The average Bonchev–Trinajstić information content (AvgIpc) is 2.81. The highest BCUT2D eigenvalue weighted by Crippen LogP contribution is 2.31. The molecule has 1 aliphatic heterocycles. The van der Waals surface area contributed by atoms with E-state index in [0.717, 1.165) is 25.8 Å². The Morgan fingerprint density at radius 1 is 1.36 bits per heavy atom. The molecule has 1 fully saturated rings. The maximum Gasteiger partial charge on any atom is 0.323 e. The second kappa shape index (κ2) is 13.9. The SMILES string of the molecule is C=C/C=C(\CC(OC)C(OC(=O)[C@@H]1CCCCN1C)C1CC=CC=C1NC(=O)CNN)OC. The number of carbonyl (C=O) groups excluding carboxylic acids is 2. The Bertz CT molecular complexity index is 764. The molecule has 184 valence electrons. The normalized spacial score (nSPS) is 23.3. The van der Waals surface area contributed by atoms with Crippen LogP contribution in [-0.2, 0) is 23.8 Å². The molecule has 33 heavy (non-hydrogen) atoms. The lowest BCUT2D eigenvalue weighted by Crippen LogP contribution is -2.49. The van der Waals surface area contributed by atoms with Crippen molar-refractivity contribution >= 4 is 11.9 Å². The van der Waals surface area contributed by atoms with Crippen LogP contribution in [0.25, 0.3) is 0 Å². The smallest absolute Gasteiger partial charge is 0.323 e. The first-order valence-corrected chi connectivity index (χ1v) is 11.3. The third-order valence-electron chi connectivity index (χ3n) is 6.08. The molecule has 1 heterocycles. The lowest BCUT2D eigenvalue weighted by molar-refractivity contribution is -0.167. The van der Waals surface area contributed by atoms with Gasteiger partial charge in [-0.25, -0.2) is 0 Å². The van der Waals surface area contributed by atoms with Gasteiger partial charge in [-0.3, -0.25) is 25.8 Å². The molecule has 0 saturated carbocycles. The second-order valence-corrected chi connectivity index (χ2v) is 8.27. The number of methoxy groups -OCH3 is 2. The van der Waals surface area contributed by atoms with E-state index >= 15 is 0 Å². The summed E-state index contributed by atoms with van der Waals surface area (Å²) in [6, 6.07) is -0.299. The van der Waals surface area contributed by atoms with Gasteiger partial charge in [-0.15, -0.1) is 0 Å². The summed E-state index contributed by atoms with van der Waals surface area (Å²) in [7, 11) is 5.10. The summed E-state index contributed by atoms with van der Waals surface area (Å²) in [6.45, 7) is 4.55. The van der Waals surface area contributed by atoms with Gasteiger partial charge in [-0.1, -0.05) is 31.2 Å². The maximum absolute atomic E-state index is 13.3. The fourth-order valence-corrected chi connectivity index (χ4v) is 4.28. The van der Waals surface area contributed by atoms with Gasteiger partial charge >= 0.3 is 5.97 Å². The number of piperidine rings is 1. The number of ether oxygens (including phenoxy) is 3. The first-order valence-electron chi connectivity index (χ1n) is 11.3. The molecule has 0 bridgehead atoms. The largest absolute Gasteiger partial charge is 0.501 e. The van der Waals surface area contributed by atoms with Crippen LogP contribution in [0, 0.1) is 5.92 Å². The Morgan fingerprint density at radius 3 is 2.79 bits per heavy atom. The Balaban J connectivity index is 2.33. The number of nitrogens with one attached hydrogen (secondary N) is 2. The van der Waals surface area contributed by atoms with Crippen molar-refractivity contribution in [3.05, 3.63) is 48.4 Å². The minimum absolute atomic E-state index is 0.0330. The van der Waals surface area contributed by atoms with Crippen molar-refractivity contribution in [2.24, 2.45) is 11.8 Å². The molecule has 9 heteroatoms. The summed E-state index contributed by atoms with van der Waals surface area (Å²) in [6.07, 6.45) is 11.7. The van der Waals surface area contributed by atoms with E-state index in [-0.39, 0.29) is 30.4 Å². The van der Waals surface area contributed by atoms with E-state index in [2.05, 4.69) is 17.3 Å². The number of rotatable bonds is 12. The van der Waals surface area contributed by atoms with Crippen molar-refractivity contribution in [3.8, 4) is 0 Å². The zero-order valence-corrected chi connectivity index (χ0v) is 19.9. The van der Waals surface area contributed by atoms with Gasteiger partial charge in [-0.05, 0) is 45.0 Å². The molecule has 3 unspecified atom stereocenters. The van der Waals surface area contributed by atoms with Crippen LogP contribution in [0.15, 0.2) is 48.4 Å². The number of esters is 1. The zero-order valence-electron chi connectivity index (χ0n) is 19.9. The van der Waals surface area contributed by atoms with Gasteiger partial charge < -0.3 is 19.5 Å². The van der Waals surface area contributed by atoms with E-state index in [1.807, 2.05) is 30.2 Å². The molecule has 0 aromatic rings. The lowest BCUT2D eigenvalue weighted by Gasteiger charge is -2.37. The van der Waals surface area contributed by atoms with Crippen LogP contribution in [0.3, 0.4) is 0 Å². The lowest BCUT2D eigenvalue weighted by atomic mass is 9.86. The van der Waals surface area contributed by atoms with E-state index in [9.17, 15) is 9.59 Å². The first-order chi connectivity index (χ1) is 15.9. The molecule has 0 radical (unpaired) electrons. The monoisotopic (exact) mass is 462 g/mol. The number of allylic oxidation sites excluding steroid dienone is 5. The fraction of sp³-hybridized carbons (Fsp3) is 0.583. The molecule has 1 saturated heterocycles. The molecule has 4 atom stereocenters. The van der Waals surface area contributed by atoms with Crippen molar-refractivity contribution in [3.63, 3.8) is 0 Å². The van der Waals surface area contributed by atoms with Crippen LogP contribution < -0.4 is 16.6 Å². The van der Waals surface area contributed by atoms with Crippen LogP contribution in [0.1, 0.15) is 32.1 Å². The molecule has 4 N–H and O–H groups in total. The summed E-state index contributed by atoms with van der Waals surface area (Å²) in [5, 5.41) is 2.89. The molecule has 9 nitrogen and oxygen atoms in total. The number of hydrazine groups is 1. The first kappa shape index (κ1) is 26.8. The minimum atomic E-state index is -0.650. The number of likely N-dealkylation sites (N-methyl/N-ethyl adjacent to an activating group) is 1. The van der Waals surface area contributed by atoms with Gasteiger partial charge in [0, 0.05) is 25.1 Å². The molecule has 1 aliphatic carbocycles. The van der Waals surface area contributed by atoms with Crippen molar-refractivity contribution in [1.82, 2.24) is 15.6 Å². The van der Waals surface area contributed by atoms with Crippen molar-refractivity contribution in [2.45, 2.75) is 50.4 Å². The highest BCUT2D eigenvalue weighted by Gasteiger charge is 2.39. The number of carbonyl (C=O) groups is 2. The summed E-state index contributed by atoms with van der Waals surface area (Å²) < 4.78 is 17.4. The van der Waals surface area contributed by atoms with Gasteiger partial charge in [0.1, 0.15) is 18.2 Å². The van der Waals surface area contributed by atoms with Crippen molar-refractivity contribution in [1.29, 1.82) is 0 Å². The van der Waals surface area contributed by atoms with Gasteiger partial charge in [0.05, 0.1) is 19.4 Å². The predicted octanol–water partition coefficient (Wildman–Crippen LogP) is 1.54. The quantitative estimate of drug-likeness (QED) is 0.132. The molecule has 0 spiro atoms. The van der Waals surface area contributed by atoms with E-state index in [4.69, 9.17) is 20.1 Å². The zero-order chi connectivity index (χ0) is 24.2. The molecule has 2 aliphatic rings. The molecule has 1 amide bonds. The maximum atomic E-state index is 13.3. The Kier molecular flexibility index (Phi) is 11.3. The number of hydrogen-bond donors (Lipinski definition) is 3. The van der Waals surface area contributed by atoms with Gasteiger partial charge in [-0.2, -0.15) is 0 Å².